The molecule has 0 aliphatic carbocycles. The lowest BCUT2D eigenvalue weighted by atomic mass is 9.88. The van der Waals surface area contributed by atoms with E-state index in [1.165, 1.54) is 0 Å². The van der Waals surface area contributed by atoms with Crippen molar-refractivity contribution in [3.63, 3.8) is 0 Å². The lowest BCUT2D eigenvalue weighted by molar-refractivity contribution is -0.141. The normalized spacial score (nSPS) is 12.8. The summed E-state index contributed by atoms with van der Waals surface area (Å²) in [5, 5.41) is 9.14. The maximum absolute atomic E-state index is 12.2. The quantitative estimate of drug-likeness (QED) is 0.676. The summed E-state index contributed by atoms with van der Waals surface area (Å²) in [4.78, 5) is 27.5. The molecule has 5 nitrogen and oxygen atoms in total. The predicted octanol–water partition coefficient (Wildman–Crippen LogP) is 2.68. The van der Waals surface area contributed by atoms with E-state index >= 15 is 0 Å². The lowest BCUT2D eigenvalue weighted by Gasteiger charge is -2.14. The second kappa shape index (κ2) is 4.84. The Morgan fingerprint density at radius 2 is 2.00 bits per heavy atom. The van der Waals surface area contributed by atoms with Crippen LogP contribution in [-0.4, -0.2) is 21.8 Å². The van der Waals surface area contributed by atoms with E-state index in [0.717, 1.165) is 0 Å². The van der Waals surface area contributed by atoms with Crippen LogP contribution in [-0.2, 0) is 4.79 Å². The first-order valence-corrected chi connectivity index (χ1v) is 6.04. The Kier molecular flexibility index (Phi) is 3.38. The van der Waals surface area contributed by atoms with E-state index in [4.69, 9.17) is 9.52 Å². The maximum Gasteiger partial charge on any atom is 0.314 e. The smallest absolute Gasteiger partial charge is 0.314 e. The summed E-state index contributed by atoms with van der Waals surface area (Å²) < 4.78 is 5.35. The number of aryl methyl sites for hydroxylation is 1. The van der Waals surface area contributed by atoms with Crippen molar-refractivity contribution >= 4 is 22.9 Å². The molecule has 0 aliphatic rings. The highest BCUT2D eigenvalue weighted by Gasteiger charge is 2.30. The highest BCUT2D eigenvalue weighted by atomic mass is 16.4. The van der Waals surface area contributed by atoms with Crippen LogP contribution in [0.1, 0.15) is 30.1 Å². The molecule has 2 aromatic rings. The Labute approximate surface area is 110 Å². The molecule has 0 aliphatic heterocycles. The number of hydrogen-bond donors (Lipinski definition) is 1. The third-order valence-corrected chi connectivity index (χ3v) is 3.00. The Bertz CT molecular complexity index is 642. The van der Waals surface area contributed by atoms with E-state index in [1.54, 1.807) is 39.0 Å². The summed E-state index contributed by atoms with van der Waals surface area (Å²) in [6, 6.07) is 4.80. The van der Waals surface area contributed by atoms with E-state index in [-0.39, 0.29) is 5.92 Å². The largest absolute Gasteiger partial charge is 0.481 e. The fourth-order valence-electron chi connectivity index (χ4n) is 2.07. The molecule has 0 fully saturated rings. The number of nitrogens with zero attached hydrogens (tertiary/aromatic N) is 1. The minimum atomic E-state index is -1.10. The number of carbonyl (C=O) groups is 2. The van der Waals surface area contributed by atoms with Crippen molar-refractivity contribution in [3.05, 3.63) is 29.7 Å². The van der Waals surface area contributed by atoms with Crippen LogP contribution < -0.4 is 0 Å². The summed E-state index contributed by atoms with van der Waals surface area (Å²) in [7, 11) is 0. The van der Waals surface area contributed by atoms with Gasteiger partial charge in [-0.15, -0.1) is 0 Å². The Morgan fingerprint density at radius 1 is 1.32 bits per heavy atom. The molecule has 19 heavy (non-hydrogen) atoms. The van der Waals surface area contributed by atoms with E-state index in [0.29, 0.717) is 22.6 Å². The molecule has 0 spiro atoms. The van der Waals surface area contributed by atoms with Gasteiger partial charge in [0.25, 0.3) is 0 Å². The molecule has 100 valence electrons. The first kappa shape index (κ1) is 13.3. The summed E-state index contributed by atoms with van der Waals surface area (Å²) in [6.45, 7) is 5.15. The van der Waals surface area contributed by atoms with Gasteiger partial charge in [-0.2, -0.15) is 0 Å². The minimum Gasteiger partial charge on any atom is -0.481 e. The van der Waals surface area contributed by atoms with Crippen molar-refractivity contribution in [1.29, 1.82) is 0 Å². The van der Waals surface area contributed by atoms with Crippen molar-refractivity contribution in [3.8, 4) is 0 Å². The number of oxazole rings is 1. The standard InChI is InChI=1S/C14H15NO4/c1-7(2)12(14(17)18)13(16)9-4-5-10-11(6-9)19-8(3)15-10/h4-7,12H,1-3H3,(H,17,18). The van der Waals surface area contributed by atoms with Crippen LogP contribution in [0, 0.1) is 18.8 Å². The zero-order chi connectivity index (χ0) is 14.2. The average Bonchev–Trinajstić information content (AvgIpc) is 2.66. The number of Topliss-reactive ketones (excluding diaryl/α,β-unsaturated/α-hetero) is 1. The number of aromatic nitrogens is 1. The topological polar surface area (TPSA) is 80.4 Å². The van der Waals surface area contributed by atoms with Crippen molar-refractivity contribution in [2.45, 2.75) is 20.8 Å². The third-order valence-electron chi connectivity index (χ3n) is 3.00. The Balaban J connectivity index is 2.42. The van der Waals surface area contributed by atoms with Gasteiger partial charge in [-0.3, -0.25) is 9.59 Å². The van der Waals surface area contributed by atoms with Gasteiger partial charge in [0, 0.05) is 12.5 Å². The Hall–Kier alpha value is -2.17. The molecule has 0 amide bonds. The monoisotopic (exact) mass is 261 g/mol. The van der Waals surface area contributed by atoms with Crippen molar-refractivity contribution < 1.29 is 19.1 Å². The number of carboxylic acid groups (broad SMARTS) is 1. The number of benzene rings is 1. The van der Waals surface area contributed by atoms with Crippen LogP contribution in [0.3, 0.4) is 0 Å². The van der Waals surface area contributed by atoms with Gasteiger partial charge in [0.2, 0.25) is 0 Å². The molecule has 0 saturated carbocycles. The molecule has 1 heterocycles. The van der Waals surface area contributed by atoms with Gasteiger partial charge in [-0.05, 0) is 24.1 Å². The fraction of sp³-hybridized carbons (Fsp3) is 0.357. The van der Waals surface area contributed by atoms with E-state index in [2.05, 4.69) is 4.98 Å². The zero-order valence-corrected chi connectivity index (χ0v) is 11.0. The molecule has 0 radical (unpaired) electrons. The number of carboxylic acids is 1. The van der Waals surface area contributed by atoms with E-state index < -0.39 is 17.7 Å². The molecule has 0 bridgehead atoms. The molecule has 1 aromatic heterocycles. The zero-order valence-electron chi connectivity index (χ0n) is 11.0. The fourth-order valence-corrected chi connectivity index (χ4v) is 2.07. The maximum atomic E-state index is 12.2. The van der Waals surface area contributed by atoms with E-state index in [9.17, 15) is 9.59 Å². The molecular weight excluding hydrogens is 246 g/mol. The molecular formula is C14H15NO4. The van der Waals surface area contributed by atoms with Gasteiger partial charge in [-0.1, -0.05) is 13.8 Å². The molecule has 1 unspecified atom stereocenters. The second-order valence-electron chi connectivity index (χ2n) is 4.84. The number of rotatable bonds is 4. The van der Waals surface area contributed by atoms with Crippen molar-refractivity contribution in [1.82, 2.24) is 4.98 Å². The molecule has 2 rings (SSSR count). The SMILES string of the molecule is Cc1nc2ccc(C(=O)C(C(=O)O)C(C)C)cc2o1. The summed E-state index contributed by atoms with van der Waals surface area (Å²) in [5.41, 5.74) is 1.49. The lowest BCUT2D eigenvalue weighted by Crippen LogP contribution is -2.28. The first-order chi connectivity index (χ1) is 8.90. The first-order valence-electron chi connectivity index (χ1n) is 6.04. The van der Waals surface area contributed by atoms with Crippen LogP contribution in [0.15, 0.2) is 22.6 Å². The van der Waals surface area contributed by atoms with Crippen molar-refractivity contribution in [2.24, 2.45) is 11.8 Å². The summed E-state index contributed by atoms with van der Waals surface area (Å²) in [5.74, 6) is -2.30. The predicted molar refractivity (Wildman–Crippen MR) is 69.0 cm³/mol. The minimum absolute atomic E-state index is 0.267. The van der Waals surface area contributed by atoms with Gasteiger partial charge in [0.05, 0.1) is 0 Å². The molecule has 1 aromatic carbocycles. The van der Waals surface area contributed by atoms with Crippen LogP contribution in [0.5, 0.6) is 0 Å². The number of ketones is 1. The van der Waals surface area contributed by atoms with Crippen molar-refractivity contribution in [2.75, 3.05) is 0 Å². The number of hydrogen-bond acceptors (Lipinski definition) is 4. The van der Waals surface area contributed by atoms with Gasteiger partial charge < -0.3 is 9.52 Å². The highest BCUT2D eigenvalue weighted by Crippen LogP contribution is 2.22. The third kappa shape index (κ3) is 2.50. The summed E-state index contributed by atoms with van der Waals surface area (Å²) >= 11 is 0. The van der Waals surface area contributed by atoms with Crippen LogP contribution >= 0.6 is 0 Å². The molecule has 1 atom stereocenters. The second-order valence-corrected chi connectivity index (χ2v) is 4.84. The van der Waals surface area contributed by atoms with Gasteiger partial charge in [-0.25, -0.2) is 4.98 Å². The van der Waals surface area contributed by atoms with Crippen LogP contribution in [0.2, 0.25) is 0 Å². The Morgan fingerprint density at radius 3 is 2.58 bits per heavy atom. The highest BCUT2D eigenvalue weighted by molar-refractivity contribution is 6.09. The molecule has 0 saturated heterocycles. The molecule has 5 heteroatoms. The average molecular weight is 261 g/mol. The number of fused-ring (bicyclic) bond motifs is 1. The van der Waals surface area contributed by atoms with Gasteiger partial charge >= 0.3 is 5.97 Å². The summed E-state index contributed by atoms with van der Waals surface area (Å²) in [6.07, 6.45) is 0. The molecule has 1 N–H and O–H groups in total. The van der Waals surface area contributed by atoms with Crippen LogP contribution in [0.25, 0.3) is 11.1 Å². The van der Waals surface area contributed by atoms with E-state index in [1.807, 2.05) is 0 Å². The van der Waals surface area contributed by atoms with Crippen LogP contribution in [0.4, 0.5) is 0 Å². The number of carbonyl (C=O) groups excluding carboxylic acids is 1. The van der Waals surface area contributed by atoms with Gasteiger partial charge in [0.1, 0.15) is 11.4 Å². The van der Waals surface area contributed by atoms with Gasteiger partial charge in [0.15, 0.2) is 17.3 Å². The number of aliphatic carboxylic acids is 1.